The zero-order valence-corrected chi connectivity index (χ0v) is 7.55. The molecular formula is C10H19N. The molecule has 0 radical (unpaired) electrons. The van der Waals surface area contributed by atoms with Crippen LogP contribution >= 0.6 is 0 Å². The summed E-state index contributed by atoms with van der Waals surface area (Å²) in [5.74, 6) is 0.995. The lowest BCUT2D eigenvalue weighted by Crippen LogP contribution is -2.44. The van der Waals surface area contributed by atoms with Gasteiger partial charge in [0.25, 0.3) is 0 Å². The Hall–Kier alpha value is -0.0400. The second-order valence-corrected chi connectivity index (χ2v) is 4.32. The third kappa shape index (κ3) is 1.58. The normalized spacial score (nSPS) is 40.1. The van der Waals surface area contributed by atoms with Crippen LogP contribution in [-0.2, 0) is 0 Å². The predicted molar refractivity (Wildman–Crippen MR) is 47.6 cm³/mol. The molecule has 0 spiro atoms. The van der Waals surface area contributed by atoms with E-state index in [-0.39, 0.29) is 0 Å². The molecule has 64 valence electrons. The molecule has 1 heteroatoms. The van der Waals surface area contributed by atoms with E-state index in [0.29, 0.717) is 0 Å². The Morgan fingerprint density at radius 3 is 2.91 bits per heavy atom. The van der Waals surface area contributed by atoms with Gasteiger partial charge in [-0.2, -0.15) is 0 Å². The van der Waals surface area contributed by atoms with Crippen LogP contribution in [-0.4, -0.2) is 24.0 Å². The van der Waals surface area contributed by atoms with E-state index in [1.165, 1.54) is 45.2 Å². The Morgan fingerprint density at radius 1 is 1.09 bits per heavy atom. The molecule has 0 aromatic heterocycles. The summed E-state index contributed by atoms with van der Waals surface area (Å²) in [6.45, 7) is 5.18. The third-order valence-corrected chi connectivity index (χ3v) is 3.33. The molecule has 0 amide bonds. The maximum atomic E-state index is 2.71. The van der Waals surface area contributed by atoms with Crippen LogP contribution in [0.3, 0.4) is 0 Å². The van der Waals surface area contributed by atoms with E-state index in [2.05, 4.69) is 11.8 Å². The van der Waals surface area contributed by atoms with Crippen LogP contribution in [0.5, 0.6) is 0 Å². The predicted octanol–water partition coefficient (Wildman–Crippen LogP) is 2.27. The van der Waals surface area contributed by atoms with Gasteiger partial charge in [-0.1, -0.05) is 13.3 Å². The number of fused-ring (bicyclic) bond motifs is 1. The zero-order valence-electron chi connectivity index (χ0n) is 7.55. The number of rotatable bonds is 0. The average Bonchev–Trinajstić information content (AvgIpc) is 2.04. The van der Waals surface area contributed by atoms with Gasteiger partial charge in [0.15, 0.2) is 0 Å². The molecule has 0 bridgehead atoms. The molecule has 0 N–H and O–H groups in total. The summed E-state index contributed by atoms with van der Waals surface area (Å²) < 4.78 is 0. The molecule has 11 heavy (non-hydrogen) atoms. The molecule has 2 heterocycles. The highest BCUT2D eigenvalue weighted by atomic mass is 15.2. The van der Waals surface area contributed by atoms with Gasteiger partial charge in [-0.05, 0) is 44.7 Å². The van der Waals surface area contributed by atoms with E-state index in [1.807, 2.05) is 0 Å². The molecule has 0 unspecified atom stereocenters. The zero-order chi connectivity index (χ0) is 7.68. The Bertz CT molecular complexity index is 133. The molecule has 2 atom stereocenters. The Balaban J connectivity index is 1.93. The minimum absolute atomic E-state index is 0.965. The smallest absolute Gasteiger partial charge is 0.00978 e. The van der Waals surface area contributed by atoms with E-state index in [4.69, 9.17) is 0 Å². The van der Waals surface area contributed by atoms with E-state index < -0.39 is 0 Å². The molecule has 2 aliphatic heterocycles. The second kappa shape index (κ2) is 3.14. The van der Waals surface area contributed by atoms with Crippen molar-refractivity contribution in [3.63, 3.8) is 0 Å². The van der Waals surface area contributed by atoms with Crippen LogP contribution in [0.15, 0.2) is 0 Å². The van der Waals surface area contributed by atoms with Gasteiger partial charge in [0.05, 0.1) is 0 Å². The van der Waals surface area contributed by atoms with Crippen molar-refractivity contribution in [2.24, 2.45) is 5.92 Å². The summed E-state index contributed by atoms with van der Waals surface area (Å²) in [5, 5.41) is 0. The lowest BCUT2D eigenvalue weighted by atomic mass is 9.87. The van der Waals surface area contributed by atoms with E-state index in [1.54, 1.807) is 0 Å². The van der Waals surface area contributed by atoms with Gasteiger partial charge in [-0.25, -0.2) is 0 Å². The van der Waals surface area contributed by atoms with E-state index >= 15 is 0 Å². The first-order valence-electron chi connectivity index (χ1n) is 5.10. The minimum atomic E-state index is 0.965. The molecule has 2 saturated heterocycles. The SMILES string of the molecule is C[C@H]1CCN2CCCC[C@@H]2C1. The summed E-state index contributed by atoms with van der Waals surface area (Å²) in [6, 6.07) is 0.965. The van der Waals surface area contributed by atoms with Gasteiger partial charge in [0.2, 0.25) is 0 Å². The molecule has 0 aromatic rings. The van der Waals surface area contributed by atoms with Crippen LogP contribution in [0.1, 0.15) is 39.0 Å². The van der Waals surface area contributed by atoms with E-state index in [9.17, 15) is 0 Å². The quantitative estimate of drug-likeness (QED) is 0.516. The van der Waals surface area contributed by atoms with Crippen LogP contribution in [0, 0.1) is 5.92 Å². The first-order chi connectivity index (χ1) is 5.36. The lowest BCUT2D eigenvalue weighted by molar-refractivity contribution is 0.0839. The summed E-state index contributed by atoms with van der Waals surface area (Å²) in [5.41, 5.74) is 0. The highest BCUT2D eigenvalue weighted by molar-refractivity contribution is 4.82. The Labute approximate surface area is 69.8 Å². The monoisotopic (exact) mass is 153 g/mol. The van der Waals surface area contributed by atoms with E-state index in [0.717, 1.165) is 12.0 Å². The maximum absolute atomic E-state index is 2.71. The Morgan fingerprint density at radius 2 is 2.00 bits per heavy atom. The van der Waals surface area contributed by atoms with Crippen molar-refractivity contribution in [3.8, 4) is 0 Å². The third-order valence-electron chi connectivity index (χ3n) is 3.33. The first-order valence-corrected chi connectivity index (χ1v) is 5.10. The number of hydrogen-bond acceptors (Lipinski definition) is 1. The van der Waals surface area contributed by atoms with Gasteiger partial charge < -0.3 is 4.90 Å². The average molecular weight is 153 g/mol. The van der Waals surface area contributed by atoms with Gasteiger partial charge >= 0.3 is 0 Å². The fourth-order valence-electron chi connectivity index (χ4n) is 2.59. The van der Waals surface area contributed by atoms with Crippen molar-refractivity contribution >= 4 is 0 Å². The molecule has 0 aromatic carbocycles. The van der Waals surface area contributed by atoms with Crippen molar-refractivity contribution in [2.75, 3.05) is 13.1 Å². The molecule has 0 saturated carbocycles. The van der Waals surface area contributed by atoms with Crippen LogP contribution < -0.4 is 0 Å². The number of piperidine rings is 2. The fraction of sp³-hybridized carbons (Fsp3) is 1.00. The van der Waals surface area contributed by atoms with Crippen molar-refractivity contribution in [1.29, 1.82) is 0 Å². The summed E-state index contributed by atoms with van der Waals surface area (Å²) in [6.07, 6.45) is 7.32. The van der Waals surface area contributed by atoms with Crippen LogP contribution in [0.2, 0.25) is 0 Å². The van der Waals surface area contributed by atoms with Gasteiger partial charge in [0, 0.05) is 6.04 Å². The van der Waals surface area contributed by atoms with Crippen molar-refractivity contribution in [1.82, 2.24) is 4.90 Å². The van der Waals surface area contributed by atoms with Gasteiger partial charge in [-0.15, -0.1) is 0 Å². The minimum Gasteiger partial charge on any atom is -0.300 e. The number of nitrogens with zero attached hydrogens (tertiary/aromatic N) is 1. The summed E-state index contributed by atoms with van der Waals surface area (Å²) in [7, 11) is 0. The number of hydrogen-bond donors (Lipinski definition) is 0. The topological polar surface area (TPSA) is 3.24 Å². The molecule has 2 rings (SSSR count). The highest BCUT2D eigenvalue weighted by Gasteiger charge is 2.27. The van der Waals surface area contributed by atoms with Crippen molar-refractivity contribution in [3.05, 3.63) is 0 Å². The fourth-order valence-corrected chi connectivity index (χ4v) is 2.59. The second-order valence-electron chi connectivity index (χ2n) is 4.32. The standard InChI is InChI=1S/C10H19N/c1-9-5-7-11-6-3-2-4-10(11)8-9/h9-10H,2-8H2,1H3/t9-,10+/m0/s1. The highest BCUT2D eigenvalue weighted by Crippen LogP contribution is 2.28. The van der Waals surface area contributed by atoms with Gasteiger partial charge in [-0.3, -0.25) is 0 Å². The Kier molecular flexibility index (Phi) is 2.17. The van der Waals surface area contributed by atoms with Crippen LogP contribution in [0.25, 0.3) is 0 Å². The molecule has 0 aliphatic carbocycles. The largest absolute Gasteiger partial charge is 0.300 e. The van der Waals surface area contributed by atoms with Crippen molar-refractivity contribution in [2.45, 2.75) is 45.1 Å². The lowest BCUT2D eigenvalue weighted by Gasteiger charge is -2.41. The molecule has 1 nitrogen and oxygen atoms in total. The molecule has 2 aliphatic rings. The maximum Gasteiger partial charge on any atom is 0.00978 e. The summed E-state index contributed by atoms with van der Waals surface area (Å²) in [4.78, 5) is 2.71. The van der Waals surface area contributed by atoms with Gasteiger partial charge in [0.1, 0.15) is 0 Å². The molecular weight excluding hydrogens is 134 g/mol. The molecule has 2 fully saturated rings. The summed E-state index contributed by atoms with van der Waals surface area (Å²) >= 11 is 0. The van der Waals surface area contributed by atoms with Crippen LogP contribution in [0.4, 0.5) is 0 Å². The van der Waals surface area contributed by atoms with Crippen molar-refractivity contribution < 1.29 is 0 Å². The first kappa shape index (κ1) is 7.60.